The lowest BCUT2D eigenvalue weighted by Crippen LogP contribution is -2.43. The molecule has 2 atom stereocenters. The fourth-order valence-electron chi connectivity index (χ4n) is 5.36. The van der Waals surface area contributed by atoms with E-state index in [0.717, 1.165) is 37.3 Å². The molecule has 2 unspecified atom stereocenters. The summed E-state index contributed by atoms with van der Waals surface area (Å²) in [4.78, 5) is 29.4. The first-order valence-electron chi connectivity index (χ1n) is 10.9. The van der Waals surface area contributed by atoms with Crippen LogP contribution < -0.4 is 0 Å². The predicted molar refractivity (Wildman–Crippen MR) is 106 cm³/mol. The third-order valence-corrected chi connectivity index (χ3v) is 6.93. The Balaban J connectivity index is 1.41. The quantitative estimate of drug-likeness (QED) is 0.763. The van der Waals surface area contributed by atoms with E-state index in [2.05, 4.69) is 0 Å². The van der Waals surface area contributed by atoms with Crippen molar-refractivity contribution in [3.8, 4) is 0 Å². The van der Waals surface area contributed by atoms with E-state index in [4.69, 9.17) is 0 Å². The largest absolute Gasteiger partial charge is 0.340 e. The second kappa shape index (κ2) is 8.62. The van der Waals surface area contributed by atoms with Gasteiger partial charge in [-0.25, -0.2) is 4.39 Å². The Morgan fingerprint density at radius 3 is 2.71 bits per heavy atom. The molecule has 5 heteroatoms. The molecule has 4 nitrogen and oxygen atoms in total. The summed E-state index contributed by atoms with van der Waals surface area (Å²) in [5.74, 6) is 1.18. The van der Waals surface area contributed by atoms with Crippen LogP contribution in [0.1, 0.15) is 63.4 Å². The molecule has 2 aliphatic heterocycles. The van der Waals surface area contributed by atoms with Gasteiger partial charge in [0.05, 0.1) is 6.04 Å². The lowest BCUT2D eigenvalue weighted by Gasteiger charge is -2.30. The number of nitrogens with zero attached hydrogens (tertiary/aromatic N) is 2. The molecule has 0 spiro atoms. The third-order valence-electron chi connectivity index (χ3n) is 6.93. The van der Waals surface area contributed by atoms with E-state index in [1.807, 2.05) is 15.9 Å². The van der Waals surface area contributed by atoms with Crippen LogP contribution in [-0.4, -0.2) is 40.7 Å². The fraction of sp³-hybridized carbons (Fsp3) is 0.652. The molecule has 1 aromatic carbocycles. The second-order valence-electron chi connectivity index (χ2n) is 8.86. The van der Waals surface area contributed by atoms with Gasteiger partial charge < -0.3 is 9.80 Å². The summed E-state index contributed by atoms with van der Waals surface area (Å²) in [6.45, 7) is 1.83. The minimum absolute atomic E-state index is 0.0636. The van der Waals surface area contributed by atoms with E-state index in [1.54, 1.807) is 6.07 Å². The molecule has 28 heavy (non-hydrogen) atoms. The number of halogens is 1. The van der Waals surface area contributed by atoms with Crippen molar-refractivity contribution in [2.24, 2.45) is 11.8 Å². The van der Waals surface area contributed by atoms with Crippen LogP contribution in [0, 0.1) is 17.7 Å². The van der Waals surface area contributed by atoms with Crippen molar-refractivity contribution in [1.82, 2.24) is 9.80 Å². The van der Waals surface area contributed by atoms with Crippen molar-refractivity contribution in [2.75, 3.05) is 13.1 Å². The van der Waals surface area contributed by atoms with Crippen LogP contribution in [0.4, 0.5) is 4.39 Å². The molecule has 0 N–H and O–H groups in total. The Morgan fingerprint density at radius 1 is 1.11 bits per heavy atom. The Labute approximate surface area is 167 Å². The van der Waals surface area contributed by atoms with Gasteiger partial charge in [-0.2, -0.15) is 0 Å². The minimum atomic E-state index is -0.272. The van der Waals surface area contributed by atoms with E-state index >= 15 is 0 Å². The normalized spacial score (nSPS) is 25.8. The molecule has 152 valence electrons. The number of rotatable bonds is 5. The number of benzene rings is 1. The van der Waals surface area contributed by atoms with Crippen LogP contribution in [-0.2, 0) is 16.1 Å². The topological polar surface area (TPSA) is 40.6 Å². The van der Waals surface area contributed by atoms with Crippen molar-refractivity contribution in [3.63, 3.8) is 0 Å². The average molecular weight is 387 g/mol. The van der Waals surface area contributed by atoms with Crippen LogP contribution in [0.15, 0.2) is 24.3 Å². The number of hydrogen-bond donors (Lipinski definition) is 0. The van der Waals surface area contributed by atoms with Gasteiger partial charge >= 0.3 is 0 Å². The zero-order valence-corrected chi connectivity index (χ0v) is 16.6. The smallest absolute Gasteiger partial charge is 0.223 e. The van der Waals surface area contributed by atoms with E-state index in [9.17, 15) is 14.0 Å². The van der Waals surface area contributed by atoms with E-state index in [-0.39, 0.29) is 23.7 Å². The van der Waals surface area contributed by atoms with Gasteiger partial charge in [0.1, 0.15) is 5.82 Å². The number of fused-ring (bicyclic) bond motifs is 1. The standard InChI is InChI=1S/C23H31FN2O2/c24-20-9-3-7-18(13-20)14-26-21-16-25(15-19(21)8-4-10-23(26)28)22(27)12-11-17-5-1-2-6-17/h3,7,9,13,17,19,21H,1-2,4-6,8,10-12,14-16H2. The van der Waals surface area contributed by atoms with Gasteiger partial charge in [0.25, 0.3) is 0 Å². The molecular weight excluding hydrogens is 355 g/mol. The highest BCUT2D eigenvalue weighted by molar-refractivity contribution is 5.79. The Morgan fingerprint density at radius 2 is 1.93 bits per heavy atom. The van der Waals surface area contributed by atoms with Gasteiger partial charge in [0, 0.05) is 32.5 Å². The second-order valence-corrected chi connectivity index (χ2v) is 8.86. The maximum atomic E-state index is 13.6. The van der Waals surface area contributed by atoms with Crippen LogP contribution in [0.3, 0.4) is 0 Å². The van der Waals surface area contributed by atoms with Crippen molar-refractivity contribution in [3.05, 3.63) is 35.6 Å². The fourth-order valence-corrected chi connectivity index (χ4v) is 5.36. The van der Waals surface area contributed by atoms with Crippen molar-refractivity contribution in [1.29, 1.82) is 0 Å². The predicted octanol–water partition coefficient (Wildman–Crippen LogP) is 4.14. The summed E-state index contributed by atoms with van der Waals surface area (Å²) in [6, 6.07) is 6.56. The summed E-state index contributed by atoms with van der Waals surface area (Å²) in [7, 11) is 0. The first-order chi connectivity index (χ1) is 13.6. The summed E-state index contributed by atoms with van der Waals surface area (Å²) in [5.41, 5.74) is 0.819. The first-order valence-corrected chi connectivity index (χ1v) is 10.9. The summed E-state index contributed by atoms with van der Waals surface area (Å²) in [5, 5.41) is 0. The van der Waals surface area contributed by atoms with Crippen molar-refractivity contribution < 1.29 is 14.0 Å². The van der Waals surface area contributed by atoms with Gasteiger partial charge in [-0.3, -0.25) is 9.59 Å². The summed E-state index contributed by atoms with van der Waals surface area (Å²) in [6.07, 6.45) is 9.24. The molecule has 3 fully saturated rings. The number of amides is 2. The molecule has 1 aromatic rings. The summed E-state index contributed by atoms with van der Waals surface area (Å²) >= 11 is 0. The molecule has 2 amide bonds. The molecular formula is C23H31FN2O2. The van der Waals surface area contributed by atoms with Crippen LogP contribution in [0.2, 0.25) is 0 Å². The van der Waals surface area contributed by atoms with Gasteiger partial charge in [-0.15, -0.1) is 0 Å². The SMILES string of the molecule is O=C(CCC1CCCC1)N1CC2CCCC(=O)N(Cc3cccc(F)c3)C2C1. The highest BCUT2D eigenvalue weighted by Crippen LogP contribution is 2.33. The maximum Gasteiger partial charge on any atom is 0.223 e. The van der Waals surface area contributed by atoms with Crippen molar-refractivity contribution >= 4 is 11.8 Å². The Bertz CT molecular complexity index is 716. The minimum Gasteiger partial charge on any atom is -0.340 e. The van der Waals surface area contributed by atoms with Gasteiger partial charge in [-0.05, 0) is 48.8 Å². The zero-order chi connectivity index (χ0) is 19.5. The third kappa shape index (κ3) is 4.39. The lowest BCUT2D eigenvalue weighted by atomic mass is 9.98. The van der Waals surface area contributed by atoms with Crippen molar-refractivity contribution in [2.45, 2.75) is 70.4 Å². The molecule has 2 heterocycles. The van der Waals surface area contributed by atoms with Gasteiger partial charge in [0.15, 0.2) is 0 Å². The Kier molecular flexibility index (Phi) is 5.98. The van der Waals surface area contributed by atoms with Crippen LogP contribution in [0.25, 0.3) is 0 Å². The monoisotopic (exact) mass is 386 g/mol. The van der Waals surface area contributed by atoms with Gasteiger partial charge in [-0.1, -0.05) is 37.8 Å². The molecule has 0 bridgehead atoms. The number of carbonyl (C=O) groups excluding carboxylic acids is 2. The number of carbonyl (C=O) groups is 2. The Hall–Kier alpha value is -1.91. The first kappa shape index (κ1) is 19.4. The lowest BCUT2D eigenvalue weighted by molar-refractivity contribution is -0.135. The zero-order valence-electron chi connectivity index (χ0n) is 16.6. The van der Waals surface area contributed by atoms with E-state index in [1.165, 1.54) is 37.8 Å². The molecule has 0 radical (unpaired) electrons. The maximum absolute atomic E-state index is 13.6. The molecule has 4 rings (SSSR count). The van der Waals surface area contributed by atoms with E-state index in [0.29, 0.717) is 31.8 Å². The highest BCUT2D eigenvalue weighted by atomic mass is 19.1. The molecule has 0 aromatic heterocycles. The van der Waals surface area contributed by atoms with E-state index < -0.39 is 0 Å². The van der Waals surface area contributed by atoms with Crippen LogP contribution in [0.5, 0.6) is 0 Å². The molecule has 2 saturated heterocycles. The molecule has 3 aliphatic rings. The number of hydrogen-bond acceptors (Lipinski definition) is 2. The average Bonchev–Trinajstić information content (AvgIpc) is 3.32. The van der Waals surface area contributed by atoms with Crippen LogP contribution >= 0.6 is 0 Å². The molecule has 1 saturated carbocycles. The summed E-state index contributed by atoms with van der Waals surface area (Å²) < 4.78 is 13.6. The van der Waals surface area contributed by atoms with Gasteiger partial charge in [0.2, 0.25) is 11.8 Å². The molecule has 1 aliphatic carbocycles. The number of likely N-dealkylation sites (tertiary alicyclic amines) is 2. The highest BCUT2D eigenvalue weighted by Gasteiger charge is 2.41.